The number of hydrogen-bond acceptors (Lipinski definition) is 10. The zero-order chi connectivity index (χ0) is 18.6. The summed E-state index contributed by atoms with van der Waals surface area (Å²) in [7, 11) is 0. The SMILES string of the molecule is O=C([O-])c1cc(O)c(O)c(O)c1.O=C([O-])c1cc(O)c(O)c(O)c1.[Sr+2]. The molecule has 2 rings (SSSR count). The summed E-state index contributed by atoms with van der Waals surface area (Å²) in [6.07, 6.45) is 0. The maximum atomic E-state index is 10.2. The predicted octanol–water partition coefficient (Wildman–Crippen LogP) is -2.05. The molecular weight excluding hydrogens is 416 g/mol. The summed E-state index contributed by atoms with van der Waals surface area (Å²) in [5.41, 5.74) is -0.800. The molecule has 0 saturated heterocycles. The molecule has 2 aromatic carbocycles. The molecule has 2 aromatic rings. The van der Waals surface area contributed by atoms with Gasteiger partial charge in [0.15, 0.2) is 34.5 Å². The molecule has 0 heterocycles. The Hall–Kier alpha value is -2.34. The molecule has 0 aliphatic heterocycles. The maximum Gasteiger partial charge on any atom is 2.00 e. The van der Waals surface area contributed by atoms with Crippen molar-refractivity contribution in [3.05, 3.63) is 35.4 Å². The Morgan fingerprint density at radius 2 is 0.800 bits per heavy atom. The van der Waals surface area contributed by atoms with Gasteiger partial charge in [0.1, 0.15) is 0 Å². The third-order valence-corrected chi connectivity index (χ3v) is 2.61. The number of hydrogen-bond donors (Lipinski definition) is 6. The van der Waals surface area contributed by atoms with E-state index in [9.17, 15) is 19.8 Å². The third-order valence-electron chi connectivity index (χ3n) is 2.61. The van der Waals surface area contributed by atoms with Crippen LogP contribution in [0.2, 0.25) is 0 Å². The van der Waals surface area contributed by atoms with Gasteiger partial charge in [0.25, 0.3) is 0 Å². The molecule has 0 atom stereocenters. The van der Waals surface area contributed by atoms with Gasteiger partial charge in [-0.05, 0) is 24.3 Å². The van der Waals surface area contributed by atoms with Crippen molar-refractivity contribution in [2.75, 3.05) is 0 Å². The Morgan fingerprint density at radius 3 is 0.960 bits per heavy atom. The number of phenolic OH excluding ortho intramolecular Hbond substituents is 6. The van der Waals surface area contributed by atoms with E-state index in [0.29, 0.717) is 0 Å². The van der Waals surface area contributed by atoms with E-state index < -0.39 is 57.6 Å². The molecule has 0 amide bonds. The van der Waals surface area contributed by atoms with Crippen LogP contribution in [0.1, 0.15) is 20.7 Å². The van der Waals surface area contributed by atoms with Crippen LogP contribution in [0.5, 0.6) is 34.5 Å². The van der Waals surface area contributed by atoms with Gasteiger partial charge in [-0.1, -0.05) is 0 Å². The molecule has 0 aliphatic carbocycles. The predicted molar refractivity (Wildman–Crippen MR) is 77.3 cm³/mol. The largest absolute Gasteiger partial charge is 2.00 e. The Bertz CT molecular complexity index is 689. The van der Waals surface area contributed by atoms with Crippen LogP contribution < -0.4 is 10.2 Å². The van der Waals surface area contributed by atoms with Crippen molar-refractivity contribution in [3.8, 4) is 34.5 Å². The van der Waals surface area contributed by atoms with Crippen LogP contribution in [0.15, 0.2) is 24.3 Å². The van der Waals surface area contributed by atoms with Crippen LogP contribution in [0, 0.1) is 0 Å². The van der Waals surface area contributed by atoms with Crippen LogP contribution in [0.4, 0.5) is 0 Å². The van der Waals surface area contributed by atoms with Gasteiger partial charge in [0.05, 0.1) is 11.9 Å². The van der Waals surface area contributed by atoms with E-state index in [4.69, 9.17) is 30.6 Å². The molecule has 0 spiro atoms. The maximum absolute atomic E-state index is 10.2. The molecule has 0 fully saturated rings. The summed E-state index contributed by atoms with van der Waals surface area (Å²) < 4.78 is 0. The zero-order valence-electron chi connectivity index (χ0n) is 12.3. The minimum Gasteiger partial charge on any atom is -0.545 e. The van der Waals surface area contributed by atoms with E-state index in [1.807, 2.05) is 0 Å². The zero-order valence-corrected chi connectivity index (χ0v) is 15.8. The molecule has 25 heavy (non-hydrogen) atoms. The Balaban J connectivity index is 0.000000443. The van der Waals surface area contributed by atoms with Crippen LogP contribution in [0.3, 0.4) is 0 Å². The van der Waals surface area contributed by atoms with Gasteiger partial charge in [-0.2, -0.15) is 0 Å². The number of carboxylic acid groups (broad SMARTS) is 2. The minimum atomic E-state index is -1.54. The minimum absolute atomic E-state index is 0. The molecule has 6 N–H and O–H groups in total. The van der Waals surface area contributed by atoms with Crippen molar-refractivity contribution in [1.29, 1.82) is 0 Å². The third kappa shape index (κ3) is 5.90. The first-order chi connectivity index (χ1) is 11.0. The molecule has 128 valence electrons. The van der Waals surface area contributed by atoms with E-state index in [1.54, 1.807) is 0 Å². The summed E-state index contributed by atoms with van der Waals surface area (Å²) in [6.45, 7) is 0. The summed E-state index contributed by atoms with van der Waals surface area (Å²) in [6, 6.07) is 3.13. The van der Waals surface area contributed by atoms with Gasteiger partial charge in [-0.15, -0.1) is 0 Å². The van der Waals surface area contributed by atoms with E-state index in [-0.39, 0.29) is 45.5 Å². The Labute approximate surface area is 176 Å². The van der Waals surface area contributed by atoms with Crippen LogP contribution in [-0.4, -0.2) is 88.1 Å². The first-order valence-corrected chi connectivity index (χ1v) is 5.97. The smallest absolute Gasteiger partial charge is 0.545 e. The Kier molecular flexibility index (Phi) is 8.36. The van der Waals surface area contributed by atoms with Gasteiger partial charge in [-0.3, -0.25) is 0 Å². The number of benzene rings is 2. The molecular formula is C14H10O10Sr. The second kappa shape index (κ2) is 9.22. The van der Waals surface area contributed by atoms with Crippen LogP contribution in [-0.2, 0) is 0 Å². The van der Waals surface area contributed by atoms with Gasteiger partial charge in [0, 0.05) is 11.1 Å². The molecule has 0 bridgehead atoms. The van der Waals surface area contributed by atoms with Crippen molar-refractivity contribution in [2.24, 2.45) is 0 Å². The first kappa shape index (κ1) is 22.7. The van der Waals surface area contributed by atoms with E-state index in [1.165, 1.54) is 0 Å². The van der Waals surface area contributed by atoms with Crippen molar-refractivity contribution in [1.82, 2.24) is 0 Å². The molecule has 11 heteroatoms. The van der Waals surface area contributed by atoms with E-state index in [0.717, 1.165) is 24.3 Å². The topological polar surface area (TPSA) is 202 Å². The number of carboxylic acids is 2. The number of carbonyl (C=O) groups is 2. The molecule has 0 saturated carbocycles. The number of rotatable bonds is 2. The van der Waals surface area contributed by atoms with E-state index >= 15 is 0 Å². The van der Waals surface area contributed by atoms with Crippen LogP contribution >= 0.6 is 0 Å². The second-order valence-electron chi connectivity index (χ2n) is 4.30. The fraction of sp³-hybridized carbons (Fsp3) is 0. The van der Waals surface area contributed by atoms with Gasteiger partial charge in [0.2, 0.25) is 0 Å². The molecule has 0 radical (unpaired) electrons. The summed E-state index contributed by atoms with van der Waals surface area (Å²) in [4.78, 5) is 20.4. The van der Waals surface area contributed by atoms with E-state index in [2.05, 4.69) is 0 Å². The summed E-state index contributed by atoms with van der Waals surface area (Å²) in [5.74, 6) is -7.38. The summed E-state index contributed by atoms with van der Waals surface area (Å²) >= 11 is 0. The second-order valence-corrected chi connectivity index (χ2v) is 4.30. The van der Waals surface area contributed by atoms with Gasteiger partial charge < -0.3 is 50.4 Å². The number of aromatic carboxylic acids is 2. The number of aromatic hydroxyl groups is 6. The standard InChI is InChI=1S/2C7H6O5.Sr/c2*8-4-1-3(7(11)12)2-5(9)6(4)10;/h2*1-2,8-10H,(H,11,12);/q;;+2/p-2. The van der Waals surface area contributed by atoms with Gasteiger partial charge >= 0.3 is 45.5 Å². The molecule has 0 aromatic heterocycles. The van der Waals surface area contributed by atoms with Crippen molar-refractivity contribution < 1.29 is 50.4 Å². The average Bonchev–Trinajstić information content (AvgIpc) is 2.49. The van der Waals surface area contributed by atoms with Gasteiger partial charge in [-0.25, -0.2) is 0 Å². The fourth-order valence-electron chi connectivity index (χ4n) is 1.44. The van der Waals surface area contributed by atoms with Crippen molar-refractivity contribution in [3.63, 3.8) is 0 Å². The molecule has 0 unspecified atom stereocenters. The van der Waals surface area contributed by atoms with Crippen molar-refractivity contribution in [2.45, 2.75) is 0 Å². The quantitative estimate of drug-likeness (QED) is 0.229. The average molecular weight is 426 g/mol. The first-order valence-electron chi connectivity index (χ1n) is 5.97. The monoisotopic (exact) mass is 426 g/mol. The number of phenols is 6. The summed E-state index contributed by atoms with van der Waals surface area (Å²) in [5, 5.41) is 73.3. The normalized spacial score (nSPS) is 9.28. The van der Waals surface area contributed by atoms with Crippen molar-refractivity contribution >= 4 is 57.4 Å². The molecule has 10 nitrogen and oxygen atoms in total. The Morgan fingerprint density at radius 1 is 0.600 bits per heavy atom. The fourth-order valence-corrected chi connectivity index (χ4v) is 1.44. The molecule has 0 aliphatic rings. The van der Waals surface area contributed by atoms with Crippen LogP contribution in [0.25, 0.3) is 0 Å². The number of carbonyl (C=O) groups excluding carboxylic acids is 2.